The Kier molecular flexibility index (Phi) is 6.40. The highest BCUT2D eigenvalue weighted by Crippen LogP contribution is 2.19. The molecule has 8 nitrogen and oxygen atoms in total. The van der Waals surface area contributed by atoms with Crippen LogP contribution in [0.15, 0.2) is 29.4 Å². The molecule has 32 heavy (non-hydrogen) atoms. The van der Waals surface area contributed by atoms with E-state index in [0.717, 1.165) is 17.0 Å². The van der Waals surface area contributed by atoms with Crippen LogP contribution >= 0.6 is 11.8 Å². The van der Waals surface area contributed by atoms with Crippen molar-refractivity contribution in [1.29, 1.82) is 0 Å². The molecule has 1 saturated heterocycles. The third-order valence-electron chi connectivity index (χ3n) is 5.83. The number of halogens is 1. The number of hydrogen-bond acceptors (Lipinski definition) is 6. The van der Waals surface area contributed by atoms with Crippen molar-refractivity contribution >= 4 is 29.4 Å². The maximum atomic E-state index is 13.0. The Morgan fingerprint density at radius 1 is 1.16 bits per heavy atom. The van der Waals surface area contributed by atoms with Crippen LogP contribution in [0.4, 0.5) is 4.39 Å². The number of amides is 2. The Balaban J connectivity index is 1.36. The molecule has 4 rings (SSSR count). The van der Waals surface area contributed by atoms with Crippen molar-refractivity contribution in [2.75, 3.05) is 19.3 Å². The van der Waals surface area contributed by atoms with Crippen LogP contribution in [0.3, 0.4) is 0 Å². The average molecular weight is 457 g/mol. The number of carbonyl (C=O) groups is 2. The van der Waals surface area contributed by atoms with Crippen molar-refractivity contribution in [1.82, 2.24) is 29.8 Å². The molecule has 168 valence electrons. The monoisotopic (exact) mass is 456 g/mol. The minimum Gasteiger partial charge on any atom is -0.349 e. The summed E-state index contributed by atoms with van der Waals surface area (Å²) in [5.74, 6) is -0.0244. The fourth-order valence-corrected chi connectivity index (χ4v) is 4.27. The zero-order chi connectivity index (χ0) is 22.8. The summed E-state index contributed by atoms with van der Waals surface area (Å²) in [4.78, 5) is 36.1. The zero-order valence-corrected chi connectivity index (χ0v) is 19.1. The van der Waals surface area contributed by atoms with Gasteiger partial charge in [0.2, 0.25) is 11.1 Å². The summed E-state index contributed by atoms with van der Waals surface area (Å²) in [5.41, 5.74) is 2.95. The molecular weight excluding hydrogens is 431 g/mol. The predicted molar refractivity (Wildman–Crippen MR) is 119 cm³/mol. The molecular formula is C22H25FN6O2S. The second-order valence-electron chi connectivity index (χ2n) is 7.88. The number of benzene rings is 1. The van der Waals surface area contributed by atoms with E-state index >= 15 is 0 Å². The van der Waals surface area contributed by atoms with Crippen molar-refractivity contribution in [3.63, 3.8) is 0 Å². The Morgan fingerprint density at radius 3 is 2.50 bits per heavy atom. The maximum Gasteiger partial charge on any atom is 0.253 e. The molecule has 0 spiro atoms. The number of aryl methyl sites for hydroxylation is 2. The first-order valence-electron chi connectivity index (χ1n) is 10.5. The third kappa shape index (κ3) is 4.59. The first-order valence-corrected chi connectivity index (χ1v) is 11.7. The molecule has 1 aromatic carbocycles. The first kappa shape index (κ1) is 22.2. The molecule has 0 bridgehead atoms. The van der Waals surface area contributed by atoms with E-state index in [4.69, 9.17) is 0 Å². The Bertz CT molecular complexity index is 1160. The van der Waals surface area contributed by atoms with Gasteiger partial charge in [-0.2, -0.15) is 4.98 Å². The molecule has 1 aliphatic heterocycles. The normalized spacial score (nSPS) is 14.7. The summed E-state index contributed by atoms with van der Waals surface area (Å²) >= 11 is 1.45. The van der Waals surface area contributed by atoms with E-state index in [2.05, 4.69) is 20.4 Å². The number of likely N-dealkylation sites (tertiary alicyclic amines) is 1. The summed E-state index contributed by atoms with van der Waals surface area (Å²) in [6.45, 7) is 4.96. The molecule has 1 aliphatic rings. The van der Waals surface area contributed by atoms with Crippen LogP contribution in [0.2, 0.25) is 0 Å². The highest BCUT2D eigenvalue weighted by molar-refractivity contribution is 7.98. The number of hydrogen-bond donors (Lipinski definition) is 1. The van der Waals surface area contributed by atoms with Gasteiger partial charge in [0.05, 0.1) is 6.42 Å². The Hall–Kier alpha value is -3.01. The summed E-state index contributed by atoms with van der Waals surface area (Å²) < 4.78 is 14.7. The van der Waals surface area contributed by atoms with Gasteiger partial charge < -0.3 is 10.2 Å². The molecule has 3 heterocycles. The van der Waals surface area contributed by atoms with Crippen LogP contribution < -0.4 is 5.32 Å². The fraction of sp³-hybridized carbons (Fsp3) is 0.409. The van der Waals surface area contributed by atoms with Crippen LogP contribution in [0, 0.1) is 19.7 Å². The van der Waals surface area contributed by atoms with Crippen molar-refractivity contribution < 1.29 is 14.0 Å². The van der Waals surface area contributed by atoms with Gasteiger partial charge in [0.15, 0.2) is 0 Å². The first-order chi connectivity index (χ1) is 15.4. The highest BCUT2D eigenvalue weighted by Gasteiger charge is 2.25. The van der Waals surface area contributed by atoms with E-state index in [1.165, 1.54) is 36.0 Å². The quantitative estimate of drug-likeness (QED) is 0.594. The lowest BCUT2D eigenvalue weighted by atomic mass is 10.0. The van der Waals surface area contributed by atoms with Crippen molar-refractivity contribution in [3.05, 3.63) is 52.6 Å². The van der Waals surface area contributed by atoms with Gasteiger partial charge >= 0.3 is 0 Å². The molecule has 0 atom stereocenters. The van der Waals surface area contributed by atoms with E-state index in [1.54, 1.807) is 4.52 Å². The van der Waals surface area contributed by atoms with E-state index in [-0.39, 0.29) is 30.1 Å². The van der Waals surface area contributed by atoms with Gasteiger partial charge in [-0.05, 0) is 57.2 Å². The number of nitrogens with one attached hydrogen (secondary N) is 1. The summed E-state index contributed by atoms with van der Waals surface area (Å²) in [5, 5.41) is 8.07. The minimum absolute atomic E-state index is 0.0156. The summed E-state index contributed by atoms with van der Waals surface area (Å²) in [6, 6.07) is 5.46. The molecule has 1 N–H and O–H groups in total. The Morgan fingerprint density at radius 2 is 1.84 bits per heavy atom. The molecule has 1 fully saturated rings. The highest BCUT2D eigenvalue weighted by atomic mass is 32.2. The van der Waals surface area contributed by atoms with Crippen molar-refractivity contribution in [2.45, 2.75) is 44.3 Å². The van der Waals surface area contributed by atoms with Crippen LogP contribution in [-0.4, -0.2) is 61.7 Å². The van der Waals surface area contributed by atoms with E-state index in [0.29, 0.717) is 42.4 Å². The summed E-state index contributed by atoms with van der Waals surface area (Å²) in [6.07, 6.45) is 3.51. The lowest BCUT2D eigenvalue weighted by Gasteiger charge is -2.32. The van der Waals surface area contributed by atoms with E-state index < -0.39 is 0 Å². The molecule has 0 radical (unpaired) electrons. The van der Waals surface area contributed by atoms with Gasteiger partial charge in [-0.3, -0.25) is 9.59 Å². The lowest BCUT2D eigenvalue weighted by Crippen LogP contribution is -2.47. The average Bonchev–Trinajstić information content (AvgIpc) is 3.20. The van der Waals surface area contributed by atoms with Gasteiger partial charge in [-0.1, -0.05) is 11.8 Å². The second-order valence-corrected chi connectivity index (χ2v) is 8.66. The maximum absolute atomic E-state index is 13.0. The number of rotatable bonds is 5. The molecule has 0 saturated carbocycles. The number of carbonyl (C=O) groups excluding carboxylic acids is 2. The van der Waals surface area contributed by atoms with Gasteiger partial charge in [0.25, 0.3) is 11.7 Å². The molecule has 0 aliphatic carbocycles. The zero-order valence-electron chi connectivity index (χ0n) is 18.3. The molecule has 3 aromatic rings. The molecule has 2 amide bonds. The minimum atomic E-state index is -0.373. The fourth-order valence-electron chi connectivity index (χ4n) is 3.94. The smallest absolute Gasteiger partial charge is 0.253 e. The van der Waals surface area contributed by atoms with E-state index in [1.807, 2.05) is 25.0 Å². The van der Waals surface area contributed by atoms with Crippen LogP contribution in [0.1, 0.15) is 40.2 Å². The van der Waals surface area contributed by atoms with Crippen LogP contribution in [0.25, 0.3) is 5.78 Å². The number of aromatic nitrogens is 4. The number of nitrogens with zero attached hydrogens (tertiary/aromatic N) is 5. The topological polar surface area (TPSA) is 92.5 Å². The van der Waals surface area contributed by atoms with E-state index in [9.17, 15) is 14.0 Å². The molecule has 0 unspecified atom stereocenters. The number of thioether (sulfide) groups is 1. The largest absolute Gasteiger partial charge is 0.349 e. The SMILES string of the molecule is CSc1nc2nc(C)c(CC(=O)N3CCC(NC(=O)c4ccc(F)cc4)CC3)c(C)n2n1. The van der Waals surface area contributed by atoms with Crippen LogP contribution in [-0.2, 0) is 11.2 Å². The standard InChI is InChI=1S/C22H25FN6O2S/c1-13-18(14(2)29-21(24-13)26-22(27-29)32-3)12-19(30)28-10-8-17(9-11-28)25-20(31)15-4-6-16(23)7-5-15/h4-7,17H,8-12H2,1-3H3,(H,25,31). The van der Waals surface area contributed by atoms with Gasteiger partial charge in [-0.25, -0.2) is 13.9 Å². The molecule has 2 aromatic heterocycles. The third-order valence-corrected chi connectivity index (χ3v) is 6.37. The molecule has 10 heteroatoms. The van der Waals surface area contributed by atoms with Gasteiger partial charge in [-0.15, -0.1) is 5.10 Å². The Labute approximate surface area is 189 Å². The predicted octanol–water partition coefficient (Wildman–Crippen LogP) is 2.57. The second kappa shape index (κ2) is 9.23. The lowest BCUT2D eigenvalue weighted by molar-refractivity contribution is -0.131. The van der Waals surface area contributed by atoms with Crippen LogP contribution in [0.5, 0.6) is 0 Å². The van der Waals surface area contributed by atoms with Gasteiger partial charge in [0.1, 0.15) is 5.82 Å². The number of piperidine rings is 1. The van der Waals surface area contributed by atoms with Crippen molar-refractivity contribution in [2.24, 2.45) is 0 Å². The van der Waals surface area contributed by atoms with Gasteiger partial charge in [0, 0.05) is 41.6 Å². The number of fused-ring (bicyclic) bond motifs is 1. The summed E-state index contributed by atoms with van der Waals surface area (Å²) in [7, 11) is 0. The van der Waals surface area contributed by atoms with Crippen molar-refractivity contribution in [3.8, 4) is 0 Å².